The van der Waals surface area contributed by atoms with Crippen LogP contribution in [0.3, 0.4) is 0 Å². The second kappa shape index (κ2) is 8.36. The Bertz CT molecular complexity index is 1110. The molecule has 4 rings (SSSR count). The third kappa shape index (κ3) is 4.11. The van der Waals surface area contributed by atoms with Gasteiger partial charge in [-0.15, -0.1) is 0 Å². The van der Waals surface area contributed by atoms with Crippen LogP contribution in [0.25, 0.3) is 10.9 Å². The van der Waals surface area contributed by atoms with Crippen LogP contribution in [-0.4, -0.2) is 27.7 Å². The van der Waals surface area contributed by atoms with E-state index in [0.29, 0.717) is 36.7 Å². The minimum Gasteiger partial charge on any atom is -0.480 e. The van der Waals surface area contributed by atoms with Gasteiger partial charge in [0.05, 0.1) is 10.5 Å². The largest absolute Gasteiger partial charge is 0.480 e. The number of fused-ring (bicyclic) bond motifs is 3. The third-order valence-corrected chi connectivity index (χ3v) is 5.69. The summed E-state index contributed by atoms with van der Waals surface area (Å²) in [7, 11) is 0. The highest BCUT2D eigenvalue weighted by atomic mass is 35.5. The molecule has 1 aliphatic carbocycles. The Morgan fingerprint density at radius 1 is 1.23 bits per heavy atom. The lowest BCUT2D eigenvalue weighted by molar-refractivity contribution is -0.137. The number of carbonyl (C=O) groups is 2. The van der Waals surface area contributed by atoms with Crippen LogP contribution >= 0.6 is 11.6 Å². The first kappa shape index (κ1) is 20.2. The van der Waals surface area contributed by atoms with Gasteiger partial charge in [-0.2, -0.15) is 0 Å². The fraction of sp³-hybridized carbons (Fsp3) is 0.273. The molecule has 0 bridgehead atoms. The van der Waals surface area contributed by atoms with Crippen molar-refractivity contribution in [2.24, 2.45) is 0 Å². The van der Waals surface area contributed by atoms with Crippen LogP contribution in [0.2, 0.25) is 5.02 Å². The average Bonchev–Trinajstić information content (AvgIpc) is 3.00. The van der Waals surface area contributed by atoms with Crippen LogP contribution in [-0.2, 0) is 30.7 Å². The number of nitrogens with one attached hydrogen (secondary N) is 2. The Kier molecular flexibility index (Phi) is 5.63. The molecule has 2 amide bonds. The van der Waals surface area contributed by atoms with Crippen LogP contribution in [0.15, 0.2) is 42.5 Å². The molecular formula is C22H21ClFN3O3. The Balaban J connectivity index is 1.54. The van der Waals surface area contributed by atoms with E-state index >= 15 is 0 Å². The van der Waals surface area contributed by atoms with E-state index in [4.69, 9.17) is 11.6 Å². The van der Waals surface area contributed by atoms with Crippen molar-refractivity contribution in [3.05, 3.63) is 70.1 Å². The molecule has 2 aromatic carbocycles. The molecule has 1 heterocycles. The first-order chi connectivity index (χ1) is 14.4. The van der Waals surface area contributed by atoms with Gasteiger partial charge in [-0.3, -0.25) is 4.79 Å². The highest BCUT2D eigenvalue weighted by molar-refractivity contribution is 6.35. The van der Waals surface area contributed by atoms with Crippen molar-refractivity contribution >= 4 is 34.5 Å². The Labute approximate surface area is 177 Å². The highest BCUT2D eigenvalue weighted by Crippen LogP contribution is 2.36. The first-order valence-electron chi connectivity index (χ1n) is 9.71. The van der Waals surface area contributed by atoms with Crippen molar-refractivity contribution in [1.82, 2.24) is 15.2 Å². The normalized spacial score (nSPS) is 15.6. The summed E-state index contributed by atoms with van der Waals surface area (Å²) in [5.41, 5.74) is 3.20. The van der Waals surface area contributed by atoms with Crippen molar-refractivity contribution in [1.29, 1.82) is 0 Å². The maximum Gasteiger partial charge on any atom is 0.323 e. The fourth-order valence-corrected chi connectivity index (χ4v) is 4.45. The molecule has 30 heavy (non-hydrogen) atoms. The molecule has 1 aliphatic rings. The third-order valence-electron chi connectivity index (χ3n) is 5.40. The van der Waals surface area contributed by atoms with Crippen molar-refractivity contribution < 1.29 is 19.1 Å². The van der Waals surface area contributed by atoms with Crippen molar-refractivity contribution in [3.8, 4) is 0 Å². The van der Waals surface area contributed by atoms with Crippen LogP contribution in [0.4, 0.5) is 9.18 Å². The van der Waals surface area contributed by atoms with Crippen LogP contribution in [0.5, 0.6) is 0 Å². The number of halogens is 2. The van der Waals surface area contributed by atoms with E-state index in [1.165, 1.54) is 12.1 Å². The van der Waals surface area contributed by atoms with Crippen LogP contribution in [0.1, 0.15) is 23.2 Å². The number of hydrogen-bond acceptors (Lipinski definition) is 2. The maximum atomic E-state index is 14.0. The number of aliphatic carboxylic acids is 1. The molecule has 3 aromatic rings. The zero-order chi connectivity index (χ0) is 21.3. The summed E-state index contributed by atoms with van der Waals surface area (Å²) >= 11 is 6.26. The molecule has 1 aromatic heterocycles. The molecule has 0 saturated carbocycles. The van der Waals surface area contributed by atoms with E-state index in [1.807, 2.05) is 30.3 Å². The highest BCUT2D eigenvalue weighted by Gasteiger charge is 2.28. The zero-order valence-electron chi connectivity index (χ0n) is 16.1. The molecule has 0 spiro atoms. The smallest absolute Gasteiger partial charge is 0.323 e. The van der Waals surface area contributed by atoms with Gasteiger partial charge >= 0.3 is 12.0 Å². The standard InChI is InChI=1S/C22H21ClFN3O3/c23-18-9-14(24)8-17-16-10-15(6-7-19(16)27(21(17)18)12-20(28)29)26-22(30)25-11-13-4-2-1-3-5-13/h1-5,8-9,15H,6-7,10-12H2,(H,28,29)(H2,25,26,30)/t15-/m0/s1. The number of rotatable bonds is 5. The number of aromatic nitrogens is 1. The molecule has 0 saturated heterocycles. The summed E-state index contributed by atoms with van der Waals surface area (Å²) in [4.78, 5) is 23.7. The van der Waals surface area contributed by atoms with Gasteiger partial charge in [0.2, 0.25) is 0 Å². The number of urea groups is 1. The lowest BCUT2D eigenvalue weighted by Gasteiger charge is -2.25. The number of carboxylic acid groups (broad SMARTS) is 1. The van der Waals surface area contributed by atoms with E-state index in [9.17, 15) is 19.1 Å². The van der Waals surface area contributed by atoms with Gasteiger partial charge in [0, 0.05) is 23.7 Å². The van der Waals surface area contributed by atoms with Crippen molar-refractivity contribution in [3.63, 3.8) is 0 Å². The number of amides is 2. The molecule has 0 aliphatic heterocycles. The molecule has 156 valence electrons. The van der Waals surface area contributed by atoms with E-state index < -0.39 is 11.8 Å². The van der Waals surface area contributed by atoms with E-state index in [2.05, 4.69) is 10.6 Å². The number of benzene rings is 2. The molecule has 0 unspecified atom stereocenters. The molecule has 6 nitrogen and oxygen atoms in total. The molecule has 0 radical (unpaired) electrons. The molecular weight excluding hydrogens is 409 g/mol. The topological polar surface area (TPSA) is 83.4 Å². The maximum absolute atomic E-state index is 14.0. The predicted octanol–water partition coefficient (Wildman–Crippen LogP) is 3.88. The van der Waals surface area contributed by atoms with Gasteiger partial charge in [-0.05, 0) is 42.5 Å². The predicted molar refractivity (Wildman–Crippen MR) is 112 cm³/mol. The van der Waals surface area contributed by atoms with Crippen molar-refractivity contribution in [2.75, 3.05) is 0 Å². The Hall–Kier alpha value is -3.06. The van der Waals surface area contributed by atoms with Gasteiger partial charge in [-0.1, -0.05) is 41.9 Å². The summed E-state index contributed by atoms with van der Waals surface area (Å²) in [6.45, 7) is 0.177. The fourth-order valence-electron chi connectivity index (χ4n) is 4.14. The second-order valence-corrected chi connectivity index (χ2v) is 7.85. The minimum absolute atomic E-state index is 0.140. The number of carbonyl (C=O) groups excluding carboxylic acids is 1. The van der Waals surface area contributed by atoms with Gasteiger partial charge in [-0.25, -0.2) is 9.18 Å². The number of nitrogens with zero attached hydrogens (tertiary/aromatic N) is 1. The minimum atomic E-state index is -0.990. The lowest BCUT2D eigenvalue weighted by Crippen LogP contribution is -2.44. The van der Waals surface area contributed by atoms with E-state index in [-0.39, 0.29) is 23.6 Å². The average molecular weight is 430 g/mol. The Morgan fingerprint density at radius 2 is 2.00 bits per heavy atom. The van der Waals surface area contributed by atoms with Gasteiger partial charge < -0.3 is 20.3 Å². The van der Waals surface area contributed by atoms with Crippen molar-refractivity contribution in [2.45, 2.75) is 38.4 Å². The molecule has 8 heteroatoms. The van der Waals surface area contributed by atoms with Gasteiger partial charge in [0.15, 0.2) is 0 Å². The number of hydrogen-bond donors (Lipinski definition) is 3. The van der Waals surface area contributed by atoms with Crippen LogP contribution < -0.4 is 10.6 Å². The SMILES string of the molecule is O=C(O)Cn1c2c(c3cc(F)cc(Cl)c31)C[C@@H](NC(=O)NCc1ccccc1)CC2. The summed E-state index contributed by atoms with van der Waals surface area (Å²) in [6.07, 6.45) is 1.71. The summed E-state index contributed by atoms with van der Waals surface area (Å²) in [5, 5.41) is 15.9. The van der Waals surface area contributed by atoms with E-state index in [0.717, 1.165) is 16.8 Å². The second-order valence-electron chi connectivity index (χ2n) is 7.44. The summed E-state index contributed by atoms with van der Waals surface area (Å²) in [5.74, 6) is -1.46. The van der Waals surface area contributed by atoms with E-state index in [1.54, 1.807) is 4.57 Å². The Morgan fingerprint density at radius 3 is 2.73 bits per heavy atom. The van der Waals surface area contributed by atoms with Gasteiger partial charge in [0.1, 0.15) is 12.4 Å². The van der Waals surface area contributed by atoms with Gasteiger partial charge in [0.25, 0.3) is 0 Å². The number of carboxylic acids is 1. The monoisotopic (exact) mass is 429 g/mol. The molecule has 3 N–H and O–H groups in total. The zero-order valence-corrected chi connectivity index (χ0v) is 16.9. The molecule has 0 fully saturated rings. The summed E-state index contributed by atoms with van der Waals surface area (Å²) in [6, 6.07) is 11.8. The molecule has 1 atom stereocenters. The first-order valence-corrected chi connectivity index (χ1v) is 10.1. The van der Waals surface area contributed by atoms with Crippen LogP contribution in [0, 0.1) is 5.82 Å². The quantitative estimate of drug-likeness (QED) is 0.575. The lowest BCUT2D eigenvalue weighted by atomic mass is 9.91. The summed E-state index contributed by atoms with van der Waals surface area (Å²) < 4.78 is 15.7.